The Morgan fingerprint density at radius 2 is 1.88 bits per heavy atom. The lowest BCUT2D eigenvalue weighted by Gasteiger charge is -2.21. The molecule has 2 aromatic carbocycles. The van der Waals surface area contributed by atoms with E-state index < -0.39 is 11.9 Å². The summed E-state index contributed by atoms with van der Waals surface area (Å²) in [7, 11) is 0. The summed E-state index contributed by atoms with van der Waals surface area (Å²) in [6.45, 7) is 1.90. The summed E-state index contributed by atoms with van der Waals surface area (Å²) < 4.78 is 13.8. The molecule has 3 rings (SSSR count). The number of halogens is 3. The number of carbonyl (C=O) groups is 1. The van der Waals surface area contributed by atoms with E-state index in [-0.39, 0.29) is 23.0 Å². The Balaban J connectivity index is 1.84. The minimum Gasteiger partial charge on any atom is -0.348 e. The van der Waals surface area contributed by atoms with Crippen molar-refractivity contribution in [3.8, 4) is 0 Å². The van der Waals surface area contributed by atoms with E-state index in [1.54, 1.807) is 0 Å². The Kier molecular flexibility index (Phi) is 5.62. The van der Waals surface area contributed by atoms with Crippen molar-refractivity contribution >= 4 is 29.1 Å². The van der Waals surface area contributed by atoms with Crippen LogP contribution in [0.4, 0.5) is 4.39 Å². The number of hydrogen-bond donors (Lipinski definition) is 2. The zero-order valence-corrected chi connectivity index (χ0v) is 15.3. The maximum Gasteiger partial charge on any atom is 0.283 e. The smallest absolute Gasteiger partial charge is 0.283 e. The molecule has 1 amide bonds. The maximum atomic E-state index is 13.8. The van der Waals surface area contributed by atoms with Crippen LogP contribution in [0.2, 0.25) is 10.0 Å². The molecule has 1 saturated carbocycles. The molecule has 0 unspecified atom stereocenters. The van der Waals surface area contributed by atoms with Gasteiger partial charge >= 0.3 is 0 Å². The number of nitrogens with two attached hydrogens (primary N) is 1. The van der Waals surface area contributed by atoms with Gasteiger partial charge in [-0.25, -0.2) is 4.39 Å². The summed E-state index contributed by atoms with van der Waals surface area (Å²) in [6, 6.07) is 11.9. The van der Waals surface area contributed by atoms with Gasteiger partial charge in [0.05, 0.1) is 10.0 Å². The molecule has 0 heterocycles. The molecular formula is C19H20Cl2FN2O+. The second-order valence-electron chi connectivity index (χ2n) is 6.44. The molecule has 1 aliphatic carbocycles. The monoisotopic (exact) mass is 381 g/mol. The van der Waals surface area contributed by atoms with E-state index in [4.69, 9.17) is 23.2 Å². The third-order valence-corrected chi connectivity index (χ3v) is 4.99. The minimum atomic E-state index is -0.514. The van der Waals surface area contributed by atoms with Crippen LogP contribution >= 0.6 is 23.2 Å². The van der Waals surface area contributed by atoms with E-state index >= 15 is 0 Å². The molecule has 0 radical (unpaired) electrons. The first-order chi connectivity index (χ1) is 12.0. The Hall–Kier alpha value is -1.62. The van der Waals surface area contributed by atoms with E-state index in [1.165, 1.54) is 12.1 Å². The summed E-state index contributed by atoms with van der Waals surface area (Å²) in [4.78, 5) is 12.7. The van der Waals surface area contributed by atoms with Crippen molar-refractivity contribution < 1.29 is 14.5 Å². The van der Waals surface area contributed by atoms with Gasteiger partial charge < -0.3 is 10.6 Å². The summed E-state index contributed by atoms with van der Waals surface area (Å²) >= 11 is 12.0. The molecule has 0 saturated heterocycles. The van der Waals surface area contributed by atoms with Crippen LogP contribution in [0.1, 0.15) is 43.0 Å². The van der Waals surface area contributed by atoms with Crippen LogP contribution < -0.4 is 10.6 Å². The number of rotatable bonds is 6. The molecule has 3 N–H and O–H groups in total. The molecule has 25 heavy (non-hydrogen) atoms. The molecular weight excluding hydrogens is 362 g/mol. The summed E-state index contributed by atoms with van der Waals surface area (Å²) in [5.74, 6) is -0.550. The quantitative estimate of drug-likeness (QED) is 0.734. The molecule has 0 aliphatic heterocycles. The topological polar surface area (TPSA) is 45.7 Å². The zero-order valence-electron chi connectivity index (χ0n) is 13.8. The molecule has 1 aliphatic rings. The van der Waals surface area contributed by atoms with Crippen molar-refractivity contribution in [2.45, 2.75) is 37.9 Å². The van der Waals surface area contributed by atoms with Crippen LogP contribution in [0, 0.1) is 5.82 Å². The van der Waals surface area contributed by atoms with Crippen molar-refractivity contribution in [3.05, 3.63) is 69.5 Å². The average molecular weight is 382 g/mol. The lowest BCUT2D eigenvalue weighted by Crippen LogP contribution is -2.88. The summed E-state index contributed by atoms with van der Waals surface area (Å²) in [6.07, 6.45) is 2.05. The highest BCUT2D eigenvalue weighted by molar-refractivity contribution is 6.35. The van der Waals surface area contributed by atoms with Gasteiger partial charge in [-0.3, -0.25) is 4.79 Å². The van der Waals surface area contributed by atoms with Gasteiger partial charge in [0, 0.05) is 17.2 Å². The van der Waals surface area contributed by atoms with Gasteiger partial charge in [0.15, 0.2) is 6.04 Å². The molecule has 0 aromatic heterocycles. The lowest BCUT2D eigenvalue weighted by molar-refractivity contribution is -0.719. The van der Waals surface area contributed by atoms with Crippen molar-refractivity contribution in [1.82, 2.24) is 5.32 Å². The fourth-order valence-electron chi connectivity index (χ4n) is 2.81. The zero-order chi connectivity index (χ0) is 18.0. The van der Waals surface area contributed by atoms with Crippen LogP contribution in [0.25, 0.3) is 0 Å². The highest BCUT2D eigenvalue weighted by Gasteiger charge is 2.32. The Morgan fingerprint density at radius 3 is 2.52 bits per heavy atom. The molecule has 6 heteroatoms. The molecule has 3 nitrogen and oxygen atoms in total. The lowest BCUT2D eigenvalue weighted by atomic mass is 10.0. The predicted molar refractivity (Wildman–Crippen MR) is 97.1 cm³/mol. The number of benzene rings is 2. The molecule has 2 aromatic rings. The fraction of sp³-hybridized carbons (Fsp3) is 0.316. The molecule has 0 spiro atoms. The first-order valence-electron chi connectivity index (χ1n) is 8.30. The fourth-order valence-corrected chi connectivity index (χ4v) is 3.36. The standard InChI is InChI=1S/C19H19Cl2FN2O/c1-11(14-9-17(22)16(21)10-15(14)20)23-18(12-5-3-2-4-6-12)19(25)24-13-7-8-13/h2-6,9-11,13,18,23H,7-8H2,1H3,(H,24,25)/p+1/t11-,18+/m1/s1. The van der Waals surface area contributed by atoms with E-state index in [0.717, 1.165) is 18.4 Å². The SMILES string of the molecule is C[C@@H]([NH2+][C@H](C(=O)NC1CC1)c1ccccc1)c1cc(F)c(Cl)cc1Cl. The highest BCUT2D eigenvalue weighted by atomic mass is 35.5. The molecule has 1 fully saturated rings. The van der Waals surface area contributed by atoms with Crippen molar-refractivity contribution in [2.24, 2.45) is 0 Å². The van der Waals surface area contributed by atoms with Gasteiger partial charge in [-0.1, -0.05) is 53.5 Å². The maximum absolute atomic E-state index is 13.8. The van der Waals surface area contributed by atoms with Gasteiger partial charge in [0.25, 0.3) is 5.91 Å². The van der Waals surface area contributed by atoms with Crippen LogP contribution in [-0.4, -0.2) is 11.9 Å². The summed E-state index contributed by atoms with van der Waals surface area (Å²) in [5, 5.41) is 5.34. The minimum absolute atomic E-state index is 0.00737. The Labute approximate surface area is 156 Å². The van der Waals surface area contributed by atoms with E-state index in [2.05, 4.69) is 5.32 Å². The number of hydrogen-bond acceptors (Lipinski definition) is 1. The van der Waals surface area contributed by atoms with E-state index in [0.29, 0.717) is 10.6 Å². The van der Waals surface area contributed by atoms with Crippen molar-refractivity contribution in [2.75, 3.05) is 0 Å². The first-order valence-corrected chi connectivity index (χ1v) is 9.06. The number of nitrogens with one attached hydrogen (secondary N) is 1. The van der Waals surface area contributed by atoms with Crippen LogP contribution in [-0.2, 0) is 4.79 Å². The van der Waals surface area contributed by atoms with Crippen LogP contribution in [0.5, 0.6) is 0 Å². The van der Waals surface area contributed by atoms with Gasteiger partial charge in [0.2, 0.25) is 0 Å². The van der Waals surface area contributed by atoms with Gasteiger partial charge in [0.1, 0.15) is 11.9 Å². The van der Waals surface area contributed by atoms with Crippen molar-refractivity contribution in [3.63, 3.8) is 0 Å². The summed E-state index contributed by atoms with van der Waals surface area (Å²) in [5.41, 5.74) is 1.52. The molecule has 132 valence electrons. The second-order valence-corrected chi connectivity index (χ2v) is 7.25. The second kappa shape index (κ2) is 7.73. The van der Waals surface area contributed by atoms with Gasteiger partial charge in [-0.15, -0.1) is 0 Å². The van der Waals surface area contributed by atoms with Gasteiger partial charge in [-0.2, -0.15) is 0 Å². The third kappa shape index (κ3) is 4.51. The first kappa shape index (κ1) is 18.2. The van der Waals surface area contributed by atoms with Crippen LogP contribution in [0.15, 0.2) is 42.5 Å². The highest BCUT2D eigenvalue weighted by Crippen LogP contribution is 2.28. The van der Waals surface area contributed by atoms with E-state index in [9.17, 15) is 9.18 Å². The molecule has 0 bridgehead atoms. The third-order valence-electron chi connectivity index (χ3n) is 4.38. The molecule has 2 atom stereocenters. The average Bonchev–Trinajstić information content (AvgIpc) is 3.40. The normalized spacial score (nSPS) is 16.3. The number of amides is 1. The number of quaternary nitrogens is 1. The van der Waals surface area contributed by atoms with Crippen molar-refractivity contribution in [1.29, 1.82) is 0 Å². The Bertz CT molecular complexity index is 766. The van der Waals surface area contributed by atoms with Crippen LogP contribution in [0.3, 0.4) is 0 Å². The Morgan fingerprint density at radius 1 is 1.20 bits per heavy atom. The van der Waals surface area contributed by atoms with Gasteiger partial charge in [-0.05, 0) is 31.9 Å². The predicted octanol–water partition coefficient (Wildman–Crippen LogP) is 3.78. The van der Waals surface area contributed by atoms with E-state index in [1.807, 2.05) is 42.6 Å². The largest absolute Gasteiger partial charge is 0.348 e. The number of carbonyl (C=O) groups excluding carboxylic acids is 1.